The van der Waals surface area contributed by atoms with Crippen molar-refractivity contribution in [2.75, 3.05) is 26.2 Å². The minimum absolute atomic E-state index is 0.0695. The Hall–Kier alpha value is -1.01. The molecule has 0 aliphatic heterocycles. The van der Waals surface area contributed by atoms with E-state index >= 15 is 0 Å². The summed E-state index contributed by atoms with van der Waals surface area (Å²) in [5.74, 6) is 1.99. The van der Waals surface area contributed by atoms with Crippen LogP contribution in [0.5, 0.6) is 0 Å². The van der Waals surface area contributed by atoms with E-state index in [0.717, 1.165) is 13.1 Å². The van der Waals surface area contributed by atoms with Gasteiger partial charge in [0.15, 0.2) is 6.61 Å². The topological polar surface area (TPSA) is 29.5 Å². The zero-order valence-corrected chi connectivity index (χ0v) is 7.67. The summed E-state index contributed by atoms with van der Waals surface area (Å²) in [6.45, 7) is 6.09. The van der Waals surface area contributed by atoms with Crippen molar-refractivity contribution in [2.45, 2.75) is 13.8 Å². The van der Waals surface area contributed by atoms with Crippen LogP contribution in [-0.2, 0) is 9.53 Å². The zero-order valence-electron chi connectivity index (χ0n) is 7.67. The van der Waals surface area contributed by atoms with Gasteiger partial charge in [-0.2, -0.15) is 0 Å². The van der Waals surface area contributed by atoms with Gasteiger partial charge in [0.2, 0.25) is 0 Å². The van der Waals surface area contributed by atoms with Gasteiger partial charge >= 0.3 is 5.97 Å². The van der Waals surface area contributed by atoms with E-state index in [0.29, 0.717) is 6.54 Å². The van der Waals surface area contributed by atoms with Gasteiger partial charge in [0.05, 0.1) is 6.54 Å². The number of esters is 1. The van der Waals surface area contributed by atoms with Gasteiger partial charge in [0, 0.05) is 0 Å². The van der Waals surface area contributed by atoms with Gasteiger partial charge in [-0.15, -0.1) is 6.42 Å². The van der Waals surface area contributed by atoms with Crippen molar-refractivity contribution in [1.29, 1.82) is 0 Å². The highest BCUT2D eigenvalue weighted by molar-refractivity contribution is 5.71. The van der Waals surface area contributed by atoms with Crippen molar-refractivity contribution in [1.82, 2.24) is 4.90 Å². The molecule has 0 aromatic carbocycles. The molecule has 0 radical (unpaired) electrons. The molecule has 12 heavy (non-hydrogen) atoms. The second-order valence-electron chi connectivity index (χ2n) is 2.33. The van der Waals surface area contributed by atoms with Crippen LogP contribution in [0, 0.1) is 12.3 Å². The lowest BCUT2D eigenvalue weighted by Crippen LogP contribution is -2.30. The van der Waals surface area contributed by atoms with Gasteiger partial charge < -0.3 is 4.74 Å². The molecular weight excluding hydrogens is 154 g/mol. The standard InChI is InChI=1S/C9H15NO2/c1-4-7-12-9(11)8-10(5-2)6-3/h1H,5-8H2,2-3H3. The Kier molecular flexibility index (Phi) is 6.12. The van der Waals surface area contributed by atoms with Crippen molar-refractivity contribution in [3.63, 3.8) is 0 Å². The zero-order chi connectivity index (χ0) is 9.40. The second-order valence-corrected chi connectivity index (χ2v) is 2.33. The molecule has 0 rings (SSSR count). The Morgan fingerprint density at radius 2 is 2.08 bits per heavy atom. The van der Waals surface area contributed by atoms with E-state index < -0.39 is 0 Å². The van der Waals surface area contributed by atoms with Gasteiger partial charge in [-0.3, -0.25) is 9.69 Å². The van der Waals surface area contributed by atoms with Crippen LogP contribution in [0.1, 0.15) is 13.8 Å². The third-order valence-electron chi connectivity index (χ3n) is 1.56. The minimum atomic E-state index is -0.253. The first-order valence-corrected chi connectivity index (χ1v) is 4.06. The maximum Gasteiger partial charge on any atom is 0.321 e. The number of ether oxygens (including phenoxy) is 1. The molecule has 3 heteroatoms. The first-order valence-electron chi connectivity index (χ1n) is 4.06. The van der Waals surface area contributed by atoms with Crippen LogP contribution in [0.3, 0.4) is 0 Å². The van der Waals surface area contributed by atoms with Gasteiger partial charge in [-0.05, 0) is 13.1 Å². The van der Waals surface area contributed by atoms with E-state index in [1.54, 1.807) is 0 Å². The van der Waals surface area contributed by atoms with Crippen LogP contribution < -0.4 is 0 Å². The summed E-state index contributed by atoms with van der Waals surface area (Å²) in [5.41, 5.74) is 0. The molecule has 68 valence electrons. The Labute approximate surface area is 73.7 Å². The van der Waals surface area contributed by atoms with Crippen molar-refractivity contribution >= 4 is 5.97 Å². The Morgan fingerprint density at radius 3 is 2.50 bits per heavy atom. The third-order valence-corrected chi connectivity index (χ3v) is 1.56. The molecule has 0 aliphatic carbocycles. The molecule has 0 aromatic heterocycles. The first kappa shape index (κ1) is 11.0. The molecule has 0 unspecified atom stereocenters. The number of carbonyl (C=O) groups excluding carboxylic acids is 1. The van der Waals surface area contributed by atoms with Crippen LogP contribution in [0.25, 0.3) is 0 Å². The molecule has 0 saturated heterocycles. The number of carbonyl (C=O) groups is 1. The largest absolute Gasteiger partial charge is 0.452 e. The molecular formula is C9H15NO2. The number of likely N-dealkylation sites (N-methyl/N-ethyl adjacent to an activating group) is 1. The van der Waals surface area contributed by atoms with Crippen molar-refractivity contribution in [2.24, 2.45) is 0 Å². The van der Waals surface area contributed by atoms with Crippen LogP contribution in [0.15, 0.2) is 0 Å². The third kappa shape index (κ3) is 4.75. The highest BCUT2D eigenvalue weighted by Gasteiger charge is 2.06. The summed E-state index contributed by atoms with van der Waals surface area (Å²) in [4.78, 5) is 12.9. The quantitative estimate of drug-likeness (QED) is 0.443. The summed E-state index contributed by atoms with van der Waals surface area (Å²) in [5, 5.41) is 0. The molecule has 0 atom stereocenters. The molecule has 3 nitrogen and oxygen atoms in total. The SMILES string of the molecule is C#CCOC(=O)CN(CC)CC. The molecule has 0 saturated carbocycles. The smallest absolute Gasteiger partial charge is 0.321 e. The van der Waals surface area contributed by atoms with E-state index in [9.17, 15) is 4.79 Å². The fourth-order valence-electron chi connectivity index (χ4n) is 0.798. The van der Waals surface area contributed by atoms with Crippen molar-refractivity contribution in [3.05, 3.63) is 0 Å². The van der Waals surface area contributed by atoms with Crippen LogP contribution in [0.4, 0.5) is 0 Å². The van der Waals surface area contributed by atoms with E-state index in [4.69, 9.17) is 11.2 Å². The van der Waals surface area contributed by atoms with Gasteiger partial charge in [-0.1, -0.05) is 19.8 Å². The Balaban J connectivity index is 3.60. The summed E-state index contributed by atoms with van der Waals surface area (Å²) in [6, 6.07) is 0. The average molecular weight is 169 g/mol. The highest BCUT2D eigenvalue weighted by atomic mass is 16.5. The number of hydrogen-bond acceptors (Lipinski definition) is 3. The van der Waals surface area contributed by atoms with Crippen LogP contribution >= 0.6 is 0 Å². The predicted octanol–water partition coefficient (Wildman–Crippen LogP) is 0.505. The van der Waals surface area contributed by atoms with E-state index in [-0.39, 0.29) is 12.6 Å². The normalized spacial score (nSPS) is 9.50. The monoisotopic (exact) mass is 169 g/mol. The molecule has 0 amide bonds. The maximum absolute atomic E-state index is 11.0. The fraction of sp³-hybridized carbons (Fsp3) is 0.667. The lowest BCUT2D eigenvalue weighted by Gasteiger charge is -2.15. The lowest BCUT2D eigenvalue weighted by atomic mass is 10.5. The van der Waals surface area contributed by atoms with E-state index in [2.05, 4.69) is 5.92 Å². The number of rotatable bonds is 5. The average Bonchev–Trinajstić information content (AvgIpc) is 2.10. The number of nitrogens with zero attached hydrogens (tertiary/aromatic N) is 1. The van der Waals surface area contributed by atoms with Crippen molar-refractivity contribution in [3.8, 4) is 12.3 Å². The summed E-state index contributed by atoms with van der Waals surface area (Å²) in [6.07, 6.45) is 4.93. The van der Waals surface area contributed by atoms with Gasteiger partial charge in [-0.25, -0.2) is 0 Å². The van der Waals surface area contributed by atoms with E-state index in [1.165, 1.54) is 0 Å². The van der Waals surface area contributed by atoms with Crippen LogP contribution in [0.2, 0.25) is 0 Å². The highest BCUT2D eigenvalue weighted by Crippen LogP contribution is 1.88. The maximum atomic E-state index is 11.0. The predicted molar refractivity (Wildman–Crippen MR) is 47.6 cm³/mol. The molecule has 0 bridgehead atoms. The number of terminal acetylenes is 1. The molecule has 0 heterocycles. The van der Waals surface area contributed by atoms with Gasteiger partial charge in [0.25, 0.3) is 0 Å². The Bertz CT molecular complexity index is 168. The summed E-state index contributed by atoms with van der Waals surface area (Å²) in [7, 11) is 0. The summed E-state index contributed by atoms with van der Waals surface area (Å²) < 4.78 is 4.71. The first-order chi connectivity index (χ1) is 5.74. The Morgan fingerprint density at radius 1 is 1.50 bits per heavy atom. The fourth-order valence-corrected chi connectivity index (χ4v) is 0.798. The van der Waals surface area contributed by atoms with Crippen molar-refractivity contribution < 1.29 is 9.53 Å². The minimum Gasteiger partial charge on any atom is -0.452 e. The number of hydrogen-bond donors (Lipinski definition) is 0. The van der Waals surface area contributed by atoms with Crippen LogP contribution in [-0.4, -0.2) is 37.1 Å². The van der Waals surface area contributed by atoms with E-state index in [1.807, 2.05) is 18.7 Å². The molecule has 0 N–H and O–H groups in total. The molecule has 0 fully saturated rings. The molecule has 0 spiro atoms. The second kappa shape index (κ2) is 6.68. The summed E-state index contributed by atoms with van der Waals surface area (Å²) >= 11 is 0. The van der Waals surface area contributed by atoms with Gasteiger partial charge in [0.1, 0.15) is 0 Å². The lowest BCUT2D eigenvalue weighted by molar-refractivity contribution is -0.143. The molecule has 0 aliphatic rings. The molecule has 0 aromatic rings.